The number of rotatable bonds is 3. The van der Waals surface area contributed by atoms with Gasteiger partial charge in [-0.3, -0.25) is 9.69 Å². The van der Waals surface area contributed by atoms with Gasteiger partial charge in [-0.05, 0) is 52.1 Å². The third-order valence-corrected chi connectivity index (χ3v) is 8.05. The summed E-state index contributed by atoms with van der Waals surface area (Å²) in [5.41, 5.74) is 4.76. The zero-order chi connectivity index (χ0) is 24.9. The van der Waals surface area contributed by atoms with E-state index >= 15 is 0 Å². The Morgan fingerprint density at radius 3 is 2.92 bits per heavy atom. The summed E-state index contributed by atoms with van der Waals surface area (Å²) in [5.74, 6) is 0.445. The summed E-state index contributed by atoms with van der Waals surface area (Å²) in [6, 6.07) is 9.99. The second kappa shape index (κ2) is 9.00. The summed E-state index contributed by atoms with van der Waals surface area (Å²) in [5, 5.41) is 11.3. The summed E-state index contributed by atoms with van der Waals surface area (Å²) in [6.45, 7) is 3.99. The third-order valence-electron chi connectivity index (χ3n) is 8.05. The molecule has 0 saturated carbocycles. The first kappa shape index (κ1) is 22.5. The highest BCUT2D eigenvalue weighted by molar-refractivity contribution is 5.92. The van der Waals surface area contributed by atoms with Crippen LogP contribution in [0.1, 0.15) is 51.2 Å². The fourth-order valence-electron chi connectivity index (χ4n) is 6.06. The van der Waals surface area contributed by atoms with Crippen LogP contribution in [0.15, 0.2) is 36.7 Å². The highest BCUT2D eigenvalue weighted by atomic mass is 16.5. The summed E-state index contributed by atoms with van der Waals surface area (Å²) in [6.07, 6.45) is 3.77. The number of carbonyl (C=O) groups excluding carboxylic acids is 2. The Balaban J connectivity index is 1.01. The minimum atomic E-state index is -0.244. The SMILES string of the molecule is O=C1OCCc2cc([C@H]3CN4CCN(C(=O)C5CCc6nc(-n7cnnn7)ccc65)C[C@@H]4CO3)ccc21. The van der Waals surface area contributed by atoms with E-state index in [9.17, 15) is 9.59 Å². The molecule has 3 aromatic rings. The maximum atomic E-state index is 13.6. The van der Waals surface area contributed by atoms with Crippen LogP contribution >= 0.6 is 0 Å². The van der Waals surface area contributed by atoms with Crippen molar-refractivity contribution >= 4 is 11.9 Å². The van der Waals surface area contributed by atoms with Gasteiger partial charge >= 0.3 is 5.97 Å². The van der Waals surface area contributed by atoms with Crippen LogP contribution in [0.25, 0.3) is 5.82 Å². The van der Waals surface area contributed by atoms with Crippen LogP contribution in [-0.2, 0) is 27.1 Å². The van der Waals surface area contributed by atoms with Crippen LogP contribution in [-0.4, -0.2) is 92.3 Å². The predicted octanol–water partition coefficient (Wildman–Crippen LogP) is 1.08. The standard InChI is InChI=1S/C26H27N7O4/c34-25(21-3-5-22-20(21)4-6-24(28-22)33-15-27-29-30-33)32-9-8-31-13-23(37-14-18(31)12-32)17-1-2-19-16(11-17)7-10-36-26(19)35/h1-2,4,6,11,15,18,21,23H,3,5,7-10,12-14H2/t18-,21?,23-/m1/s1. The number of tetrazole rings is 1. The van der Waals surface area contributed by atoms with Gasteiger partial charge in [0.25, 0.3) is 0 Å². The molecular weight excluding hydrogens is 474 g/mol. The molecule has 37 heavy (non-hydrogen) atoms. The zero-order valence-electron chi connectivity index (χ0n) is 20.3. The molecule has 2 aromatic heterocycles. The number of nitrogens with zero attached hydrogens (tertiary/aromatic N) is 7. The Labute approximate surface area is 213 Å². The number of aryl methyl sites for hydroxylation is 1. The molecule has 1 aromatic carbocycles. The molecule has 0 spiro atoms. The average molecular weight is 502 g/mol. The first-order chi connectivity index (χ1) is 18.1. The minimum Gasteiger partial charge on any atom is -0.462 e. The molecule has 2 fully saturated rings. The first-order valence-electron chi connectivity index (χ1n) is 12.8. The van der Waals surface area contributed by atoms with E-state index in [1.165, 1.54) is 11.0 Å². The molecule has 4 aliphatic rings. The fraction of sp³-hybridized carbons (Fsp3) is 0.462. The molecule has 0 N–H and O–H groups in total. The van der Waals surface area contributed by atoms with Crippen molar-refractivity contribution in [2.75, 3.05) is 39.4 Å². The van der Waals surface area contributed by atoms with E-state index in [0.717, 1.165) is 54.7 Å². The van der Waals surface area contributed by atoms with Crippen LogP contribution < -0.4 is 0 Å². The number of esters is 1. The molecule has 3 aliphatic heterocycles. The third kappa shape index (κ3) is 3.98. The summed E-state index contributed by atoms with van der Waals surface area (Å²) < 4.78 is 13.0. The molecule has 1 aliphatic carbocycles. The van der Waals surface area contributed by atoms with E-state index in [1.54, 1.807) is 0 Å². The number of carbonyl (C=O) groups is 2. The van der Waals surface area contributed by atoms with Crippen molar-refractivity contribution in [2.24, 2.45) is 0 Å². The quantitative estimate of drug-likeness (QED) is 0.486. The van der Waals surface area contributed by atoms with Crippen LogP contribution in [0.2, 0.25) is 0 Å². The Bertz CT molecular complexity index is 1360. The van der Waals surface area contributed by atoms with Crippen molar-refractivity contribution < 1.29 is 19.1 Å². The van der Waals surface area contributed by atoms with Gasteiger partial charge in [-0.15, -0.1) is 5.10 Å². The van der Waals surface area contributed by atoms with Gasteiger partial charge in [-0.2, -0.15) is 4.68 Å². The lowest BCUT2D eigenvalue weighted by Gasteiger charge is -2.46. The van der Waals surface area contributed by atoms with Crippen LogP contribution in [0.3, 0.4) is 0 Å². The Kier molecular flexibility index (Phi) is 5.47. The zero-order valence-corrected chi connectivity index (χ0v) is 20.3. The van der Waals surface area contributed by atoms with Gasteiger partial charge in [-0.1, -0.05) is 18.2 Å². The number of hydrogen-bond acceptors (Lipinski definition) is 9. The highest BCUT2D eigenvalue weighted by Crippen LogP contribution is 2.35. The van der Waals surface area contributed by atoms with Gasteiger partial charge in [0.05, 0.1) is 36.8 Å². The van der Waals surface area contributed by atoms with Crippen molar-refractivity contribution in [3.63, 3.8) is 0 Å². The lowest BCUT2D eigenvalue weighted by atomic mass is 9.96. The number of piperazine rings is 1. The maximum Gasteiger partial charge on any atom is 0.338 e. The molecule has 190 valence electrons. The molecule has 0 radical (unpaired) electrons. The van der Waals surface area contributed by atoms with E-state index < -0.39 is 0 Å². The van der Waals surface area contributed by atoms with E-state index in [4.69, 9.17) is 14.5 Å². The lowest BCUT2D eigenvalue weighted by molar-refractivity contribution is -0.141. The number of amides is 1. The number of fused-ring (bicyclic) bond motifs is 3. The largest absolute Gasteiger partial charge is 0.462 e. The van der Waals surface area contributed by atoms with Gasteiger partial charge in [-0.25, -0.2) is 9.78 Å². The molecular formula is C26H27N7O4. The van der Waals surface area contributed by atoms with Crippen LogP contribution in [0, 0.1) is 0 Å². The van der Waals surface area contributed by atoms with E-state index in [-0.39, 0.29) is 29.9 Å². The summed E-state index contributed by atoms with van der Waals surface area (Å²) in [7, 11) is 0. The van der Waals surface area contributed by atoms with Crippen molar-refractivity contribution in [1.29, 1.82) is 0 Å². The Hall–Kier alpha value is -3.70. The number of hydrogen-bond donors (Lipinski definition) is 0. The molecule has 5 heterocycles. The molecule has 1 unspecified atom stereocenters. The number of ether oxygens (including phenoxy) is 2. The van der Waals surface area contributed by atoms with Gasteiger partial charge < -0.3 is 14.4 Å². The first-order valence-corrected chi connectivity index (χ1v) is 12.8. The molecule has 11 nitrogen and oxygen atoms in total. The monoisotopic (exact) mass is 501 g/mol. The summed E-state index contributed by atoms with van der Waals surface area (Å²) in [4.78, 5) is 34.7. The van der Waals surface area contributed by atoms with Gasteiger partial charge in [0.15, 0.2) is 5.82 Å². The highest BCUT2D eigenvalue weighted by Gasteiger charge is 2.39. The van der Waals surface area contributed by atoms with Crippen molar-refractivity contribution in [1.82, 2.24) is 35.0 Å². The lowest BCUT2D eigenvalue weighted by Crippen LogP contribution is -2.60. The number of cyclic esters (lactones) is 1. The number of morpholine rings is 1. The van der Waals surface area contributed by atoms with E-state index in [1.807, 2.05) is 29.2 Å². The maximum absolute atomic E-state index is 13.6. The van der Waals surface area contributed by atoms with Crippen molar-refractivity contribution in [3.8, 4) is 5.82 Å². The van der Waals surface area contributed by atoms with Crippen LogP contribution in [0.4, 0.5) is 0 Å². The number of aromatic nitrogens is 5. The van der Waals surface area contributed by atoms with Gasteiger partial charge in [0.1, 0.15) is 6.33 Å². The summed E-state index contributed by atoms with van der Waals surface area (Å²) >= 11 is 0. The smallest absolute Gasteiger partial charge is 0.338 e. The van der Waals surface area contributed by atoms with E-state index in [0.29, 0.717) is 37.7 Å². The molecule has 11 heteroatoms. The molecule has 7 rings (SSSR count). The average Bonchev–Trinajstić information content (AvgIpc) is 3.62. The number of benzene rings is 1. The minimum absolute atomic E-state index is 0.0380. The topological polar surface area (TPSA) is 116 Å². The molecule has 0 bridgehead atoms. The van der Waals surface area contributed by atoms with Gasteiger partial charge in [0, 0.05) is 38.3 Å². The van der Waals surface area contributed by atoms with E-state index in [2.05, 4.69) is 26.5 Å². The second-order valence-electron chi connectivity index (χ2n) is 10.1. The second-order valence-corrected chi connectivity index (χ2v) is 10.1. The van der Waals surface area contributed by atoms with Crippen LogP contribution in [0.5, 0.6) is 0 Å². The van der Waals surface area contributed by atoms with Crippen molar-refractivity contribution in [3.05, 3.63) is 64.6 Å². The normalized spacial score (nSPS) is 25.2. The van der Waals surface area contributed by atoms with Gasteiger partial charge in [0.2, 0.25) is 5.91 Å². The fourth-order valence-corrected chi connectivity index (χ4v) is 6.06. The molecule has 1 amide bonds. The van der Waals surface area contributed by atoms with Crippen molar-refractivity contribution in [2.45, 2.75) is 37.3 Å². The molecule has 2 saturated heterocycles. The molecule has 3 atom stereocenters. The Morgan fingerprint density at radius 1 is 1.08 bits per heavy atom. The number of pyridine rings is 1. The Morgan fingerprint density at radius 2 is 2.03 bits per heavy atom. The predicted molar refractivity (Wildman–Crippen MR) is 129 cm³/mol.